The first-order chi connectivity index (χ1) is 15.9. The number of rotatable bonds is 8. The second kappa shape index (κ2) is 9.93. The van der Waals surface area contributed by atoms with E-state index in [1.54, 1.807) is 23.1 Å². The molecule has 0 spiro atoms. The second-order valence-electron chi connectivity index (χ2n) is 7.40. The van der Waals surface area contributed by atoms with Crippen molar-refractivity contribution in [1.29, 1.82) is 0 Å². The number of aliphatic hydroxyl groups excluding tert-OH is 1. The largest absolute Gasteiger partial charge is 0.392 e. The molecule has 12 heteroatoms. The van der Waals surface area contributed by atoms with E-state index in [-0.39, 0.29) is 29.0 Å². The van der Waals surface area contributed by atoms with Crippen molar-refractivity contribution >= 4 is 37.9 Å². The van der Waals surface area contributed by atoms with Gasteiger partial charge in [0.25, 0.3) is 5.91 Å². The van der Waals surface area contributed by atoms with E-state index in [1.807, 2.05) is 12.1 Å². The van der Waals surface area contributed by atoms with Gasteiger partial charge in [-0.2, -0.15) is 0 Å². The summed E-state index contributed by atoms with van der Waals surface area (Å²) in [7, 11) is -3.75. The van der Waals surface area contributed by atoms with Crippen molar-refractivity contribution in [2.75, 3.05) is 37.5 Å². The van der Waals surface area contributed by atoms with E-state index >= 15 is 0 Å². The molecule has 4 N–H and O–H groups in total. The highest BCUT2D eigenvalue weighted by Gasteiger charge is 2.24. The molecule has 0 radical (unpaired) electrons. The number of aliphatic hydroxyl groups is 1. The number of thiophene rings is 1. The Balaban J connectivity index is 1.58. The summed E-state index contributed by atoms with van der Waals surface area (Å²) in [5.41, 5.74) is 7.45. The minimum absolute atomic E-state index is 0.0610. The highest BCUT2D eigenvalue weighted by molar-refractivity contribution is 7.91. The maximum atomic E-state index is 12.8. The fraction of sp³-hybridized carbons (Fsp3) is 0.286. The van der Waals surface area contributed by atoms with E-state index in [9.17, 15) is 18.3 Å². The topological polar surface area (TPSA) is 148 Å². The average molecular weight is 490 g/mol. The lowest BCUT2D eigenvalue weighted by molar-refractivity contribution is 0.0464. The first-order valence-electron chi connectivity index (χ1n) is 10.1. The predicted octanol–water partition coefficient (Wildman–Crippen LogP) is 1.60. The number of carbonyl (C=O) groups is 1. The number of hydrogen-bond acceptors (Lipinski definition) is 10. The zero-order valence-corrected chi connectivity index (χ0v) is 19.2. The Kier molecular flexibility index (Phi) is 7.00. The number of amides is 1. The molecule has 1 aliphatic rings. The number of aromatic nitrogens is 2. The van der Waals surface area contributed by atoms with Crippen LogP contribution in [0.1, 0.15) is 15.9 Å². The Labute approximate surface area is 195 Å². The number of nitrogens with one attached hydrogen (secondary N) is 1. The SMILES string of the molecule is NC(=O)c1cc(-c2ccc(CO)cc2)sc1Nc1ccnc(S(=O)(=O)CN2CCOCC2)n1. The van der Waals surface area contributed by atoms with Gasteiger partial charge in [0.2, 0.25) is 15.0 Å². The number of nitrogens with zero attached hydrogens (tertiary/aromatic N) is 3. The lowest BCUT2D eigenvalue weighted by Crippen LogP contribution is -2.39. The number of carbonyl (C=O) groups excluding carboxylic acids is 1. The number of hydrogen-bond donors (Lipinski definition) is 3. The third kappa shape index (κ3) is 5.54. The number of sulfone groups is 1. The van der Waals surface area contributed by atoms with Gasteiger partial charge in [-0.1, -0.05) is 24.3 Å². The third-order valence-electron chi connectivity index (χ3n) is 5.03. The molecule has 3 aromatic rings. The van der Waals surface area contributed by atoms with Crippen LogP contribution in [-0.2, 0) is 21.2 Å². The van der Waals surface area contributed by atoms with Gasteiger partial charge in [-0.15, -0.1) is 11.3 Å². The summed E-state index contributed by atoms with van der Waals surface area (Å²) in [6, 6.07) is 10.5. The molecule has 1 saturated heterocycles. The van der Waals surface area contributed by atoms with Crippen molar-refractivity contribution in [3.63, 3.8) is 0 Å². The molecule has 0 saturated carbocycles. The quantitative estimate of drug-likeness (QED) is 0.401. The van der Waals surface area contributed by atoms with Crippen LogP contribution in [-0.4, -0.2) is 66.5 Å². The Morgan fingerprint density at radius 1 is 1.21 bits per heavy atom. The molecule has 1 fully saturated rings. The molecule has 0 aliphatic carbocycles. The number of morpholine rings is 1. The second-order valence-corrected chi connectivity index (χ2v) is 10.3. The zero-order chi connectivity index (χ0) is 23.4. The van der Waals surface area contributed by atoms with Crippen LogP contribution in [0.5, 0.6) is 0 Å². The van der Waals surface area contributed by atoms with E-state index in [1.165, 1.54) is 23.6 Å². The van der Waals surface area contributed by atoms with Crippen LogP contribution in [0.25, 0.3) is 10.4 Å². The molecule has 0 unspecified atom stereocenters. The third-order valence-corrected chi connectivity index (χ3v) is 7.59. The molecule has 10 nitrogen and oxygen atoms in total. The smallest absolute Gasteiger partial charge is 0.251 e. The van der Waals surface area contributed by atoms with Gasteiger partial charge in [-0.05, 0) is 23.3 Å². The highest BCUT2D eigenvalue weighted by Crippen LogP contribution is 2.36. The van der Waals surface area contributed by atoms with Crippen molar-refractivity contribution in [1.82, 2.24) is 14.9 Å². The van der Waals surface area contributed by atoms with E-state index in [2.05, 4.69) is 15.3 Å². The van der Waals surface area contributed by atoms with E-state index in [4.69, 9.17) is 10.5 Å². The lowest BCUT2D eigenvalue weighted by Gasteiger charge is -2.25. The zero-order valence-electron chi connectivity index (χ0n) is 17.6. The summed E-state index contributed by atoms with van der Waals surface area (Å²) < 4.78 is 30.9. The van der Waals surface area contributed by atoms with Gasteiger partial charge < -0.3 is 20.9 Å². The summed E-state index contributed by atoms with van der Waals surface area (Å²) in [5.74, 6) is -0.586. The first-order valence-corrected chi connectivity index (χ1v) is 12.6. The first kappa shape index (κ1) is 23.3. The number of nitrogens with two attached hydrogens (primary N) is 1. The molecule has 174 valence electrons. The molecule has 2 aromatic heterocycles. The standard InChI is InChI=1S/C21H23N5O5S2/c22-19(28)16-11-17(15-3-1-14(12-27)2-4-15)32-20(16)24-18-5-6-23-21(25-18)33(29,30)13-26-7-9-31-10-8-26/h1-6,11,27H,7-10,12-13H2,(H2,22,28)(H,23,24,25). The maximum absolute atomic E-state index is 12.8. The van der Waals surface area contributed by atoms with Crippen molar-refractivity contribution < 1.29 is 23.1 Å². The van der Waals surface area contributed by atoms with E-state index in [0.29, 0.717) is 31.3 Å². The van der Waals surface area contributed by atoms with Crippen LogP contribution < -0.4 is 11.1 Å². The van der Waals surface area contributed by atoms with Gasteiger partial charge in [0.05, 0.1) is 25.4 Å². The van der Waals surface area contributed by atoms with Crippen molar-refractivity contribution in [3.05, 3.63) is 53.7 Å². The van der Waals surface area contributed by atoms with Crippen LogP contribution in [0.3, 0.4) is 0 Å². The van der Waals surface area contributed by atoms with Gasteiger partial charge >= 0.3 is 0 Å². The van der Waals surface area contributed by atoms with Gasteiger partial charge in [0, 0.05) is 24.2 Å². The van der Waals surface area contributed by atoms with Crippen molar-refractivity contribution in [2.45, 2.75) is 11.8 Å². The summed E-state index contributed by atoms with van der Waals surface area (Å²) in [4.78, 5) is 22.7. The maximum Gasteiger partial charge on any atom is 0.251 e. The fourth-order valence-electron chi connectivity index (χ4n) is 3.29. The van der Waals surface area contributed by atoms with Crippen LogP contribution in [0.4, 0.5) is 10.8 Å². The molecule has 3 heterocycles. The Bertz CT molecular complexity index is 1240. The van der Waals surface area contributed by atoms with E-state index < -0.39 is 15.7 Å². The number of primary amides is 1. The van der Waals surface area contributed by atoms with Crippen molar-refractivity contribution in [3.8, 4) is 10.4 Å². The number of ether oxygens (including phenoxy) is 1. The Morgan fingerprint density at radius 2 is 1.94 bits per heavy atom. The summed E-state index contributed by atoms with van der Waals surface area (Å²) in [5, 5.41) is 12.4. The lowest BCUT2D eigenvalue weighted by atomic mass is 10.1. The normalized spacial score (nSPS) is 14.8. The average Bonchev–Trinajstić information content (AvgIpc) is 3.24. The van der Waals surface area contributed by atoms with Crippen LogP contribution >= 0.6 is 11.3 Å². The Morgan fingerprint density at radius 3 is 2.61 bits per heavy atom. The summed E-state index contributed by atoms with van der Waals surface area (Å²) in [6.45, 7) is 1.95. The van der Waals surface area contributed by atoms with Gasteiger partial charge in [-0.25, -0.2) is 18.4 Å². The van der Waals surface area contributed by atoms with Crippen LogP contribution in [0, 0.1) is 0 Å². The molecular weight excluding hydrogens is 466 g/mol. The highest BCUT2D eigenvalue weighted by atomic mass is 32.2. The number of benzene rings is 1. The molecule has 0 bridgehead atoms. The van der Waals surface area contributed by atoms with Crippen LogP contribution in [0.15, 0.2) is 47.8 Å². The Hall–Kier alpha value is -2.90. The molecule has 1 aromatic carbocycles. The molecule has 33 heavy (non-hydrogen) atoms. The fourth-order valence-corrected chi connectivity index (χ4v) is 5.68. The summed E-state index contributed by atoms with van der Waals surface area (Å²) >= 11 is 1.28. The summed E-state index contributed by atoms with van der Waals surface area (Å²) in [6.07, 6.45) is 1.35. The monoisotopic (exact) mass is 489 g/mol. The van der Waals surface area contributed by atoms with Gasteiger partial charge in [-0.3, -0.25) is 9.69 Å². The van der Waals surface area contributed by atoms with Crippen molar-refractivity contribution in [2.24, 2.45) is 5.73 Å². The molecular formula is C21H23N5O5S2. The minimum atomic E-state index is -3.75. The molecule has 4 rings (SSSR count). The van der Waals surface area contributed by atoms with Gasteiger partial charge in [0.1, 0.15) is 16.7 Å². The van der Waals surface area contributed by atoms with Crippen LogP contribution in [0.2, 0.25) is 0 Å². The minimum Gasteiger partial charge on any atom is -0.392 e. The molecule has 1 amide bonds. The van der Waals surface area contributed by atoms with Gasteiger partial charge in [0.15, 0.2) is 0 Å². The number of anilines is 2. The molecule has 1 aliphatic heterocycles. The predicted molar refractivity (Wildman–Crippen MR) is 124 cm³/mol. The molecule has 0 atom stereocenters. The van der Waals surface area contributed by atoms with E-state index in [0.717, 1.165) is 16.0 Å².